The van der Waals surface area contributed by atoms with Crippen molar-refractivity contribution in [3.8, 4) is 0 Å². The molecule has 2 amide bonds. The number of nitrogens with one attached hydrogen (secondary N) is 1. The van der Waals surface area contributed by atoms with Crippen LogP contribution in [0.3, 0.4) is 0 Å². The fourth-order valence-electron chi connectivity index (χ4n) is 2.01. The largest absolute Gasteiger partial charge is 0.329 e. The fraction of sp³-hybridized carbons (Fsp3) is 0.0667. The Balaban J connectivity index is 1.95. The topological polar surface area (TPSA) is 75.2 Å². The molecule has 2 heterocycles. The minimum atomic E-state index is -0.437. The SMILES string of the molecule is CN(c1ccccc1)c1cc(C=C2SC(=O)NC2=O)nc(Cl)n1. The van der Waals surface area contributed by atoms with Crippen LogP contribution in [0.15, 0.2) is 41.3 Å². The van der Waals surface area contributed by atoms with Gasteiger partial charge in [0.2, 0.25) is 5.28 Å². The molecule has 1 aliphatic rings. The van der Waals surface area contributed by atoms with Crippen molar-refractivity contribution in [2.24, 2.45) is 0 Å². The second kappa shape index (κ2) is 6.39. The molecule has 0 aliphatic carbocycles. The molecule has 0 spiro atoms. The van der Waals surface area contributed by atoms with E-state index in [0.717, 1.165) is 17.4 Å². The third kappa shape index (κ3) is 3.52. The van der Waals surface area contributed by atoms with Gasteiger partial charge >= 0.3 is 0 Å². The molecule has 0 unspecified atom stereocenters. The molecular formula is C15H11ClN4O2S. The highest BCUT2D eigenvalue weighted by molar-refractivity contribution is 8.18. The van der Waals surface area contributed by atoms with E-state index in [9.17, 15) is 9.59 Å². The summed E-state index contributed by atoms with van der Waals surface area (Å²) in [6.45, 7) is 0. The molecule has 0 saturated carbocycles. The Morgan fingerprint density at radius 2 is 1.96 bits per heavy atom. The predicted octanol–water partition coefficient (Wildman–Crippen LogP) is 3.22. The van der Waals surface area contributed by atoms with Gasteiger partial charge in [0.05, 0.1) is 10.6 Å². The summed E-state index contributed by atoms with van der Waals surface area (Å²) in [6.07, 6.45) is 1.51. The van der Waals surface area contributed by atoms with Crippen LogP contribution in [0.4, 0.5) is 16.3 Å². The molecule has 1 saturated heterocycles. The van der Waals surface area contributed by atoms with Crippen LogP contribution in [-0.2, 0) is 4.79 Å². The highest BCUT2D eigenvalue weighted by Crippen LogP contribution is 2.27. The Kier molecular flexibility index (Phi) is 4.31. The van der Waals surface area contributed by atoms with Gasteiger partial charge in [0.1, 0.15) is 5.82 Å². The number of carbonyl (C=O) groups is 2. The molecule has 1 aliphatic heterocycles. The standard InChI is InChI=1S/C15H11ClN4O2S/c1-20(10-5-3-2-4-6-10)12-8-9(17-14(16)18-12)7-11-13(21)19-15(22)23-11/h2-8H,1H3,(H,19,21,22). The third-order valence-corrected chi connectivity index (χ3v) is 4.09. The maximum atomic E-state index is 11.6. The Morgan fingerprint density at radius 1 is 1.22 bits per heavy atom. The zero-order valence-corrected chi connectivity index (χ0v) is 13.6. The summed E-state index contributed by atoms with van der Waals surface area (Å²) in [5.41, 5.74) is 1.39. The molecule has 116 valence electrons. The number of anilines is 2. The Morgan fingerprint density at radius 3 is 2.61 bits per heavy atom. The van der Waals surface area contributed by atoms with Crippen molar-refractivity contribution in [1.29, 1.82) is 0 Å². The number of rotatable bonds is 3. The Bertz CT molecular complexity index is 810. The van der Waals surface area contributed by atoms with E-state index in [2.05, 4.69) is 15.3 Å². The van der Waals surface area contributed by atoms with E-state index in [-0.39, 0.29) is 10.2 Å². The molecule has 0 bridgehead atoms. The Hall–Kier alpha value is -2.38. The van der Waals surface area contributed by atoms with Crippen LogP contribution in [-0.4, -0.2) is 28.2 Å². The molecular weight excluding hydrogens is 336 g/mol. The summed E-state index contributed by atoms with van der Waals surface area (Å²) in [5.74, 6) is 0.144. The van der Waals surface area contributed by atoms with E-state index in [0.29, 0.717) is 11.5 Å². The number of aromatic nitrogens is 2. The molecule has 0 radical (unpaired) electrons. The van der Waals surface area contributed by atoms with Crippen molar-refractivity contribution in [3.63, 3.8) is 0 Å². The summed E-state index contributed by atoms with van der Waals surface area (Å²) < 4.78 is 0. The summed E-state index contributed by atoms with van der Waals surface area (Å²) >= 11 is 6.81. The van der Waals surface area contributed by atoms with Gasteiger partial charge in [-0.2, -0.15) is 0 Å². The molecule has 1 aromatic carbocycles. The average Bonchev–Trinajstić information content (AvgIpc) is 2.84. The van der Waals surface area contributed by atoms with Crippen molar-refractivity contribution in [1.82, 2.24) is 15.3 Å². The highest BCUT2D eigenvalue weighted by atomic mass is 35.5. The van der Waals surface area contributed by atoms with Gasteiger partial charge in [0, 0.05) is 18.8 Å². The molecule has 1 aromatic heterocycles. The van der Waals surface area contributed by atoms with Gasteiger partial charge in [0.25, 0.3) is 11.1 Å². The number of hydrogen-bond donors (Lipinski definition) is 1. The van der Waals surface area contributed by atoms with Gasteiger partial charge in [-0.3, -0.25) is 14.9 Å². The number of benzene rings is 1. The van der Waals surface area contributed by atoms with Crippen LogP contribution in [0.2, 0.25) is 5.28 Å². The van der Waals surface area contributed by atoms with Crippen molar-refractivity contribution in [3.05, 3.63) is 52.3 Å². The second-order valence-corrected chi connectivity index (χ2v) is 6.02. The van der Waals surface area contributed by atoms with E-state index in [1.807, 2.05) is 42.3 Å². The maximum Gasteiger partial charge on any atom is 0.290 e. The smallest absolute Gasteiger partial charge is 0.290 e. The number of thioether (sulfide) groups is 1. The molecule has 0 atom stereocenters. The number of nitrogens with zero attached hydrogens (tertiary/aromatic N) is 3. The minimum Gasteiger partial charge on any atom is -0.329 e. The monoisotopic (exact) mass is 346 g/mol. The number of carbonyl (C=O) groups excluding carboxylic acids is 2. The van der Waals surface area contributed by atoms with Crippen molar-refractivity contribution >= 4 is 52.1 Å². The first kappa shape index (κ1) is 15.5. The molecule has 23 heavy (non-hydrogen) atoms. The summed E-state index contributed by atoms with van der Waals surface area (Å²) in [6, 6.07) is 11.3. The molecule has 8 heteroatoms. The summed E-state index contributed by atoms with van der Waals surface area (Å²) in [7, 11) is 1.85. The lowest BCUT2D eigenvalue weighted by atomic mass is 10.3. The highest BCUT2D eigenvalue weighted by Gasteiger charge is 2.25. The van der Waals surface area contributed by atoms with Gasteiger partial charge in [-0.05, 0) is 41.6 Å². The zero-order chi connectivity index (χ0) is 16.4. The predicted molar refractivity (Wildman–Crippen MR) is 90.7 cm³/mol. The average molecular weight is 347 g/mol. The van der Waals surface area contributed by atoms with Crippen LogP contribution in [0, 0.1) is 0 Å². The van der Waals surface area contributed by atoms with Crippen LogP contribution in [0.25, 0.3) is 6.08 Å². The lowest BCUT2D eigenvalue weighted by molar-refractivity contribution is -0.115. The molecule has 1 fully saturated rings. The first-order valence-corrected chi connectivity index (χ1v) is 7.80. The number of halogens is 1. The first-order valence-electron chi connectivity index (χ1n) is 6.61. The van der Waals surface area contributed by atoms with Crippen LogP contribution < -0.4 is 10.2 Å². The number of hydrogen-bond acceptors (Lipinski definition) is 6. The summed E-state index contributed by atoms with van der Waals surface area (Å²) in [4.78, 5) is 33.2. The molecule has 3 rings (SSSR count). The molecule has 2 aromatic rings. The van der Waals surface area contributed by atoms with Crippen molar-refractivity contribution in [2.75, 3.05) is 11.9 Å². The lowest BCUT2D eigenvalue weighted by Gasteiger charge is -2.18. The van der Waals surface area contributed by atoms with Gasteiger partial charge in [-0.15, -0.1) is 0 Å². The second-order valence-electron chi connectivity index (χ2n) is 4.67. The van der Waals surface area contributed by atoms with Crippen molar-refractivity contribution in [2.45, 2.75) is 0 Å². The molecule has 1 N–H and O–H groups in total. The first-order chi connectivity index (χ1) is 11.0. The molecule has 6 nitrogen and oxygen atoms in total. The van der Waals surface area contributed by atoms with E-state index >= 15 is 0 Å². The van der Waals surface area contributed by atoms with Gasteiger partial charge in [0.15, 0.2) is 0 Å². The minimum absolute atomic E-state index is 0.0619. The van der Waals surface area contributed by atoms with Gasteiger partial charge in [-0.1, -0.05) is 18.2 Å². The van der Waals surface area contributed by atoms with Crippen LogP contribution in [0.5, 0.6) is 0 Å². The normalized spacial score (nSPS) is 15.8. The van der Waals surface area contributed by atoms with Gasteiger partial charge in [-0.25, -0.2) is 9.97 Å². The van der Waals surface area contributed by atoms with E-state index in [4.69, 9.17) is 11.6 Å². The summed E-state index contributed by atoms with van der Waals surface area (Å²) in [5, 5.41) is 1.86. The zero-order valence-electron chi connectivity index (χ0n) is 12.0. The lowest BCUT2D eigenvalue weighted by Crippen LogP contribution is -2.17. The van der Waals surface area contributed by atoms with Crippen LogP contribution >= 0.6 is 23.4 Å². The van der Waals surface area contributed by atoms with E-state index in [1.165, 1.54) is 6.08 Å². The fourth-order valence-corrected chi connectivity index (χ4v) is 2.86. The van der Waals surface area contributed by atoms with E-state index < -0.39 is 11.1 Å². The number of para-hydroxylation sites is 1. The number of imide groups is 1. The van der Waals surface area contributed by atoms with Crippen LogP contribution in [0.1, 0.15) is 5.69 Å². The van der Waals surface area contributed by atoms with E-state index in [1.54, 1.807) is 6.07 Å². The maximum absolute atomic E-state index is 11.6. The Labute approximate surface area is 141 Å². The van der Waals surface area contributed by atoms with Crippen molar-refractivity contribution < 1.29 is 9.59 Å². The number of amides is 2. The van der Waals surface area contributed by atoms with Gasteiger partial charge < -0.3 is 4.90 Å². The quantitative estimate of drug-likeness (QED) is 0.679. The third-order valence-electron chi connectivity index (χ3n) is 3.11.